The monoisotopic (exact) mass is 328 g/mol. The first-order valence-corrected chi connectivity index (χ1v) is 7.25. The highest BCUT2D eigenvalue weighted by atomic mass is 16.5. The molecule has 1 aromatic carbocycles. The summed E-state index contributed by atoms with van der Waals surface area (Å²) in [4.78, 5) is 20.9. The molecular weight excluding hydrogens is 304 g/mol. The van der Waals surface area contributed by atoms with Crippen LogP contribution in [0.25, 0.3) is 0 Å². The molecule has 7 heteroatoms. The van der Waals surface area contributed by atoms with E-state index < -0.39 is 11.9 Å². The average molecular weight is 328 g/mol. The van der Waals surface area contributed by atoms with E-state index in [-0.39, 0.29) is 23.3 Å². The lowest BCUT2D eigenvalue weighted by atomic mass is 10.1. The molecular formula is C16H24O7. The Morgan fingerprint density at radius 1 is 0.913 bits per heavy atom. The summed E-state index contributed by atoms with van der Waals surface area (Å²) >= 11 is 0. The summed E-state index contributed by atoms with van der Waals surface area (Å²) in [5.41, 5.74) is -0.380. The summed E-state index contributed by atoms with van der Waals surface area (Å²) in [5.74, 6) is -2.46. The maximum Gasteiger partial charge on any atom is 0.336 e. The van der Waals surface area contributed by atoms with Gasteiger partial charge in [0.25, 0.3) is 0 Å². The Hall–Kier alpha value is -1.96. The topological polar surface area (TPSA) is 124 Å². The van der Waals surface area contributed by atoms with Gasteiger partial charge in [0.05, 0.1) is 23.3 Å². The maximum atomic E-state index is 10.5. The van der Waals surface area contributed by atoms with Crippen molar-refractivity contribution in [3.63, 3.8) is 0 Å². The number of rotatable bonds is 8. The first kappa shape index (κ1) is 21.0. The van der Waals surface area contributed by atoms with Gasteiger partial charge in [0.15, 0.2) is 0 Å². The molecule has 7 nitrogen and oxygen atoms in total. The third-order valence-corrected chi connectivity index (χ3v) is 2.75. The molecule has 0 aliphatic heterocycles. The number of carboxylic acids is 2. The molecule has 0 aromatic heterocycles. The molecule has 0 amide bonds. The Bertz CT molecular complexity index is 440. The standard InChI is InChI=1S/C8H6O4.C8H18O3/c9-7(10)5-3-1-2-4-6(5)8(11)12;1-7(9)3-5-11-6-4-8(2)10/h1-4H,(H,9,10)(H,11,12);7-10H,3-6H2,1-2H3. The minimum Gasteiger partial charge on any atom is -0.478 e. The lowest BCUT2D eigenvalue weighted by molar-refractivity contribution is 0.0651. The lowest BCUT2D eigenvalue weighted by Gasteiger charge is -2.06. The highest BCUT2D eigenvalue weighted by Crippen LogP contribution is 2.07. The molecule has 0 spiro atoms. The average Bonchev–Trinajstić information content (AvgIpc) is 2.46. The number of aliphatic hydroxyl groups excluding tert-OH is 2. The zero-order chi connectivity index (χ0) is 17.8. The van der Waals surface area contributed by atoms with Crippen molar-refractivity contribution in [1.82, 2.24) is 0 Å². The molecule has 23 heavy (non-hydrogen) atoms. The number of benzene rings is 1. The molecule has 0 saturated carbocycles. The van der Waals surface area contributed by atoms with Crippen LogP contribution in [0.5, 0.6) is 0 Å². The summed E-state index contributed by atoms with van der Waals surface area (Å²) in [6.45, 7) is 4.62. The van der Waals surface area contributed by atoms with Crippen LogP contribution in [0.15, 0.2) is 24.3 Å². The fourth-order valence-corrected chi connectivity index (χ4v) is 1.47. The minimum atomic E-state index is -1.23. The Kier molecular flexibility index (Phi) is 10.6. The third kappa shape index (κ3) is 10.4. The van der Waals surface area contributed by atoms with Gasteiger partial charge in [-0.25, -0.2) is 9.59 Å². The van der Waals surface area contributed by atoms with Gasteiger partial charge in [-0.1, -0.05) is 12.1 Å². The Labute approximate surface area is 135 Å². The van der Waals surface area contributed by atoms with E-state index in [9.17, 15) is 9.59 Å². The van der Waals surface area contributed by atoms with Crippen molar-refractivity contribution in [3.8, 4) is 0 Å². The maximum absolute atomic E-state index is 10.5. The molecule has 0 radical (unpaired) electrons. The second kappa shape index (κ2) is 11.6. The normalized spacial score (nSPS) is 12.7. The van der Waals surface area contributed by atoms with Crippen LogP contribution in [0, 0.1) is 0 Å². The molecule has 0 aliphatic carbocycles. The number of carboxylic acid groups (broad SMARTS) is 2. The predicted octanol–water partition coefficient (Wildman–Crippen LogP) is 1.63. The molecule has 130 valence electrons. The van der Waals surface area contributed by atoms with Gasteiger partial charge in [-0.3, -0.25) is 0 Å². The van der Waals surface area contributed by atoms with Crippen LogP contribution in [0.4, 0.5) is 0 Å². The first-order chi connectivity index (χ1) is 10.8. The zero-order valence-corrected chi connectivity index (χ0v) is 13.3. The molecule has 0 bridgehead atoms. The van der Waals surface area contributed by atoms with Crippen molar-refractivity contribution in [2.75, 3.05) is 13.2 Å². The summed E-state index contributed by atoms with van der Waals surface area (Å²) in [6, 6.07) is 5.48. The Morgan fingerprint density at radius 2 is 1.26 bits per heavy atom. The number of aromatic carboxylic acids is 2. The van der Waals surface area contributed by atoms with E-state index in [1.54, 1.807) is 13.8 Å². The van der Waals surface area contributed by atoms with Crippen LogP contribution >= 0.6 is 0 Å². The van der Waals surface area contributed by atoms with E-state index >= 15 is 0 Å². The van der Waals surface area contributed by atoms with E-state index in [0.717, 1.165) is 0 Å². The van der Waals surface area contributed by atoms with Crippen LogP contribution in [0.1, 0.15) is 47.4 Å². The Morgan fingerprint density at radius 3 is 1.52 bits per heavy atom. The van der Waals surface area contributed by atoms with Crippen molar-refractivity contribution in [2.24, 2.45) is 0 Å². The van der Waals surface area contributed by atoms with Gasteiger partial charge in [0, 0.05) is 13.2 Å². The number of hydrogen-bond acceptors (Lipinski definition) is 5. The van der Waals surface area contributed by atoms with Crippen molar-refractivity contribution < 1.29 is 34.8 Å². The van der Waals surface area contributed by atoms with Gasteiger partial charge >= 0.3 is 11.9 Å². The molecule has 0 aliphatic rings. The molecule has 1 rings (SSSR count). The molecule has 4 N–H and O–H groups in total. The largest absolute Gasteiger partial charge is 0.478 e. The highest BCUT2D eigenvalue weighted by Gasteiger charge is 2.13. The molecule has 1 aromatic rings. The van der Waals surface area contributed by atoms with Gasteiger partial charge in [-0.2, -0.15) is 0 Å². The van der Waals surface area contributed by atoms with Crippen LogP contribution in [0.3, 0.4) is 0 Å². The summed E-state index contributed by atoms with van der Waals surface area (Å²) in [7, 11) is 0. The van der Waals surface area contributed by atoms with Crippen LogP contribution in [-0.4, -0.2) is 57.8 Å². The van der Waals surface area contributed by atoms with Crippen LogP contribution in [0.2, 0.25) is 0 Å². The molecule has 0 saturated heterocycles. The lowest BCUT2D eigenvalue weighted by Crippen LogP contribution is -2.09. The molecule has 2 unspecified atom stereocenters. The predicted molar refractivity (Wildman–Crippen MR) is 83.8 cm³/mol. The van der Waals surface area contributed by atoms with Crippen molar-refractivity contribution in [1.29, 1.82) is 0 Å². The van der Waals surface area contributed by atoms with E-state index in [4.69, 9.17) is 25.2 Å². The second-order valence-electron chi connectivity index (χ2n) is 5.04. The van der Waals surface area contributed by atoms with E-state index in [2.05, 4.69) is 0 Å². The summed E-state index contributed by atoms with van der Waals surface area (Å²) in [5, 5.41) is 34.8. The van der Waals surface area contributed by atoms with Gasteiger partial charge in [-0.05, 0) is 38.8 Å². The quantitative estimate of drug-likeness (QED) is 0.534. The van der Waals surface area contributed by atoms with Crippen LogP contribution in [-0.2, 0) is 4.74 Å². The molecule has 0 heterocycles. The summed E-state index contributed by atoms with van der Waals surface area (Å²) in [6.07, 6.45) is 0.752. The van der Waals surface area contributed by atoms with Crippen molar-refractivity contribution in [2.45, 2.75) is 38.9 Å². The highest BCUT2D eigenvalue weighted by molar-refractivity contribution is 6.01. The number of aliphatic hydroxyl groups is 2. The van der Waals surface area contributed by atoms with Gasteiger partial charge in [0.2, 0.25) is 0 Å². The van der Waals surface area contributed by atoms with E-state index in [0.29, 0.717) is 26.1 Å². The minimum absolute atomic E-state index is 0.190. The zero-order valence-electron chi connectivity index (χ0n) is 13.3. The van der Waals surface area contributed by atoms with Gasteiger partial charge in [0.1, 0.15) is 0 Å². The smallest absolute Gasteiger partial charge is 0.336 e. The first-order valence-electron chi connectivity index (χ1n) is 7.25. The second-order valence-corrected chi connectivity index (χ2v) is 5.04. The van der Waals surface area contributed by atoms with Crippen LogP contribution < -0.4 is 0 Å². The Balaban J connectivity index is 0.000000423. The SMILES string of the molecule is CC(O)CCOCCC(C)O.O=C(O)c1ccccc1C(=O)O. The molecule has 2 atom stereocenters. The van der Waals surface area contributed by atoms with Gasteiger partial charge < -0.3 is 25.2 Å². The van der Waals surface area contributed by atoms with E-state index in [1.165, 1.54) is 24.3 Å². The van der Waals surface area contributed by atoms with Gasteiger partial charge in [-0.15, -0.1) is 0 Å². The fraction of sp³-hybridized carbons (Fsp3) is 0.500. The number of ether oxygens (including phenoxy) is 1. The summed E-state index contributed by atoms with van der Waals surface area (Å²) < 4.78 is 5.14. The van der Waals surface area contributed by atoms with Crippen molar-refractivity contribution in [3.05, 3.63) is 35.4 Å². The number of hydrogen-bond donors (Lipinski definition) is 4. The third-order valence-electron chi connectivity index (χ3n) is 2.75. The van der Waals surface area contributed by atoms with E-state index in [1.807, 2.05) is 0 Å². The fourth-order valence-electron chi connectivity index (χ4n) is 1.47. The molecule has 0 fully saturated rings. The van der Waals surface area contributed by atoms with Crippen molar-refractivity contribution >= 4 is 11.9 Å². The number of carbonyl (C=O) groups is 2.